The molecule has 0 saturated carbocycles. The van der Waals surface area contributed by atoms with Crippen LogP contribution in [0.1, 0.15) is 31.3 Å². The van der Waals surface area contributed by atoms with Gasteiger partial charge in [0.05, 0.1) is 11.4 Å². The highest BCUT2D eigenvalue weighted by Gasteiger charge is 2.20. The molecule has 1 unspecified atom stereocenters. The normalized spacial score (nSPS) is 11.7. The van der Waals surface area contributed by atoms with Crippen LogP contribution in [0.25, 0.3) is 0 Å². The Labute approximate surface area is 190 Å². The van der Waals surface area contributed by atoms with E-state index in [4.69, 9.17) is 16.3 Å². The summed E-state index contributed by atoms with van der Waals surface area (Å²) in [5.74, 6) is 1.36. The van der Waals surface area contributed by atoms with E-state index < -0.39 is 0 Å². The van der Waals surface area contributed by atoms with Crippen LogP contribution >= 0.6 is 23.4 Å². The molecule has 0 fully saturated rings. The molecule has 0 aliphatic rings. The number of ether oxygens (including phenoxy) is 1. The van der Waals surface area contributed by atoms with Crippen LogP contribution < -0.4 is 10.1 Å². The van der Waals surface area contributed by atoms with Crippen molar-refractivity contribution in [3.8, 4) is 5.75 Å². The highest BCUT2D eigenvalue weighted by atomic mass is 35.5. The van der Waals surface area contributed by atoms with E-state index in [9.17, 15) is 4.79 Å². The fraction of sp³-hybridized carbons (Fsp3) is 0.273. The van der Waals surface area contributed by atoms with E-state index in [0.29, 0.717) is 23.2 Å². The van der Waals surface area contributed by atoms with Gasteiger partial charge in [-0.2, -0.15) is 0 Å². The summed E-state index contributed by atoms with van der Waals surface area (Å²) in [5.41, 5.74) is 1.72. The number of amides is 1. The molecule has 7 nitrogen and oxygen atoms in total. The van der Waals surface area contributed by atoms with E-state index in [-0.39, 0.29) is 22.9 Å². The average molecular weight is 458 g/mol. The van der Waals surface area contributed by atoms with Gasteiger partial charge in [0.2, 0.25) is 5.91 Å². The number of carbonyl (C=O) groups is 1. The van der Waals surface area contributed by atoms with Gasteiger partial charge >= 0.3 is 0 Å². The molecule has 31 heavy (non-hydrogen) atoms. The first-order valence-electron chi connectivity index (χ1n) is 9.84. The van der Waals surface area contributed by atoms with Crippen molar-refractivity contribution in [3.63, 3.8) is 0 Å². The molecule has 0 bridgehead atoms. The lowest BCUT2D eigenvalue weighted by molar-refractivity contribution is -0.113. The molecule has 9 heteroatoms. The number of carbonyl (C=O) groups excluding carboxylic acids is 1. The van der Waals surface area contributed by atoms with E-state index in [2.05, 4.69) is 34.0 Å². The maximum atomic E-state index is 12.3. The van der Waals surface area contributed by atoms with Gasteiger partial charge in [-0.25, -0.2) is 4.98 Å². The fourth-order valence-corrected chi connectivity index (χ4v) is 3.79. The Morgan fingerprint density at radius 3 is 2.77 bits per heavy atom. The molecule has 162 valence electrons. The van der Waals surface area contributed by atoms with Gasteiger partial charge in [0.15, 0.2) is 22.2 Å². The number of rotatable bonds is 10. The third kappa shape index (κ3) is 6.08. The molecular weight excluding hydrogens is 434 g/mol. The summed E-state index contributed by atoms with van der Waals surface area (Å²) in [6.45, 7) is 8.35. The van der Waals surface area contributed by atoms with Crippen LogP contribution in [0.15, 0.2) is 60.4 Å². The van der Waals surface area contributed by atoms with Crippen molar-refractivity contribution in [2.24, 2.45) is 0 Å². The van der Waals surface area contributed by atoms with E-state index in [1.54, 1.807) is 24.4 Å². The van der Waals surface area contributed by atoms with Gasteiger partial charge in [-0.05, 0) is 43.2 Å². The maximum absolute atomic E-state index is 12.3. The number of nitrogens with zero attached hydrogens (tertiary/aromatic N) is 4. The number of allylic oxidation sites excluding steroid dienone is 1. The van der Waals surface area contributed by atoms with Gasteiger partial charge in [0.25, 0.3) is 0 Å². The van der Waals surface area contributed by atoms with E-state index in [1.807, 2.05) is 35.8 Å². The minimum absolute atomic E-state index is 0.147. The van der Waals surface area contributed by atoms with Gasteiger partial charge in [-0.15, -0.1) is 16.8 Å². The first kappa shape index (κ1) is 22.8. The van der Waals surface area contributed by atoms with Crippen molar-refractivity contribution in [1.29, 1.82) is 0 Å². The molecule has 0 spiro atoms. The minimum Gasteiger partial charge on any atom is -0.483 e. The predicted octanol–water partition coefficient (Wildman–Crippen LogP) is 4.95. The number of benzene rings is 1. The second kappa shape index (κ2) is 11.0. The third-order valence-corrected chi connectivity index (χ3v) is 5.70. The van der Waals surface area contributed by atoms with Crippen LogP contribution in [0.5, 0.6) is 5.75 Å². The molecule has 0 saturated heterocycles. The van der Waals surface area contributed by atoms with Crippen molar-refractivity contribution < 1.29 is 9.53 Å². The molecule has 2 heterocycles. The Bertz CT molecular complexity index is 1040. The summed E-state index contributed by atoms with van der Waals surface area (Å²) in [4.78, 5) is 16.3. The summed E-state index contributed by atoms with van der Waals surface area (Å²) >= 11 is 7.27. The Balaban J connectivity index is 1.66. The van der Waals surface area contributed by atoms with E-state index >= 15 is 0 Å². The molecule has 2 aromatic heterocycles. The Morgan fingerprint density at radius 1 is 1.32 bits per heavy atom. The number of anilines is 1. The molecule has 0 aliphatic heterocycles. The molecule has 1 aromatic carbocycles. The monoisotopic (exact) mass is 457 g/mol. The highest BCUT2D eigenvalue weighted by molar-refractivity contribution is 7.99. The van der Waals surface area contributed by atoms with Gasteiger partial charge in [0, 0.05) is 12.7 Å². The Morgan fingerprint density at radius 2 is 2.10 bits per heavy atom. The van der Waals surface area contributed by atoms with Crippen LogP contribution in [-0.2, 0) is 17.8 Å². The Kier molecular flexibility index (Phi) is 8.08. The molecule has 0 radical (unpaired) electrons. The van der Waals surface area contributed by atoms with Gasteiger partial charge in [-0.1, -0.05) is 48.5 Å². The molecule has 1 amide bonds. The van der Waals surface area contributed by atoms with Crippen molar-refractivity contribution >= 4 is 35.0 Å². The van der Waals surface area contributed by atoms with E-state index in [1.165, 1.54) is 17.3 Å². The number of aryl methyl sites for hydroxylation is 1. The van der Waals surface area contributed by atoms with Crippen LogP contribution in [0, 0.1) is 0 Å². The highest BCUT2D eigenvalue weighted by Crippen LogP contribution is 2.25. The summed E-state index contributed by atoms with van der Waals surface area (Å²) in [6, 6.07) is 11.4. The summed E-state index contributed by atoms with van der Waals surface area (Å²) in [6.07, 6.45) is 3.98. The topological polar surface area (TPSA) is 81.9 Å². The molecule has 3 rings (SSSR count). The minimum atomic E-state index is -0.322. The summed E-state index contributed by atoms with van der Waals surface area (Å²) in [5, 5.41) is 12.2. The number of hydrogen-bond acceptors (Lipinski definition) is 6. The first-order valence-corrected chi connectivity index (χ1v) is 11.2. The van der Waals surface area contributed by atoms with Gasteiger partial charge in [-0.3, -0.25) is 9.36 Å². The number of halogens is 1. The van der Waals surface area contributed by atoms with E-state index in [0.717, 1.165) is 12.2 Å². The Hall–Kier alpha value is -2.84. The SMILES string of the molecule is C=CCn1c(SCC(=O)Nc2cccnc2Cl)nnc1C(C)Oc1ccc(CC)cc1. The maximum Gasteiger partial charge on any atom is 0.234 e. The number of aromatic nitrogens is 4. The van der Waals surface area contributed by atoms with Crippen molar-refractivity contribution in [3.05, 3.63) is 71.8 Å². The number of thioether (sulfide) groups is 1. The molecule has 3 aromatic rings. The zero-order valence-corrected chi connectivity index (χ0v) is 19.0. The zero-order chi connectivity index (χ0) is 22.2. The molecule has 0 aliphatic carbocycles. The standard InChI is InChI=1S/C22H24ClN5O2S/c1-4-13-28-21(15(3)30-17-10-8-16(5-2)9-11-17)26-27-22(28)31-14-19(29)25-18-7-6-12-24-20(18)23/h4,6-12,15H,1,5,13-14H2,2-3H3,(H,25,29). The van der Waals surface area contributed by atoms with Crippen molar-refractivity contribution in [2.75, 3.05) is 11.1 Å². The van der Waals surface area contributed by atoms with Crippen molar-refractivity contribution in [2.45, 2.75) is 38.1 Å². The first-order chi connectivity index (χ1) is 15.0. The molecule has 1 N–H and O–H groups in total. The third-order valence-electron chi connectivity index (χ3n) is 4.43. The smallest absolute Gasteiger partial charge is 0.234 e. The molecule has 1 atom stereocenters. The summed E-state index contributed by atoms with van der Waals surface area (Å²) < 4.78 is 7.95. The van der Waals surface area contributed by atoms with Gasteiger partial charge < -0.3 is 10.1 Å². The zero-order valence-electron chi connectivity index (χ0n) is 17.4. The number of pyridine rings is 1. The predicted molar refractivity (Wildman–Crippen MR) is 124 cm³/mol. The van der Waals surface area contributed by atoms with Crippen LogP contribution in [-0.4, -0.2) is 31.4 Å². The van der Waals surface area contributed by atoms with Crippen LogP contribution in [0.4, 0.5) is 5.69 Å². The quantitative estimate of drug-likeness (QED) is 0.263. The fourth-order valence-electron chi connectivity index (χ4n) is 2.86. The largest absolute Gasteiger partial charge is 0.483 e. The molecular formula is C22H24ClN5O2S. The van der Waals surface area contributed by atoms with Crippen LogP contribution in [0.3, 0.4) is 0 Å². The number of nitrogens with one attached hydrogen (secondary N) is 1. The lowest BCUT2D eigenvalue weighted by Gasteiger charge is -2.16. The lowest BCUT2D eigenvalue weighted by Crippen LogP contribution is -2.16. The second-order valence-electron chi connectivity index (χ2n) is 6.68. The lowest BCUT2D eigenvalue weighted by atomic mass is 10.2. The second-order valence-corrected chi connectivity index (χ2v) is 7.98. The summed E-state index contributed by atoms with van der Waals surface area (Å²) in [7, 11) is 0. The van der Waals surface area contributed by atoms with Crippen LogP contribution in [0.2, 0.25) is 5.15 Å². The number of hydrogen-bond donors (Lipinski definition) is 1. The van der Waals surface area contributed by atoms with Gasteiger partial charge in [0.1, 0.15) is 5.75 Å². The average Bonchev–Trinajstić information content (AvgIpc) is 3.17. The van der Waals surface area contributed by atoms with Crippen molar-refractivity contribution in [1.82, 2.24) is 19.7 Å².